The SMILES string of the molecule is C[C@@H]1[C@@H](C)[C@H](C(=O)O)C[C@@H]1C(=O)O. The third-order valence-electron chi connectivity index (χ3n) is 3.24. The molecular weight excluding hydrogens is 172 g/mol. The van der Waals surface area contributed by atoms with Gasteiger partial charge in [0.15, 0.2) is 0 Å². The minimum Gasteiger partial charge on any atom is -0.481 e. The van der Waals surface area contributed by atoms with E-state index in [1.807, 2.05) is 13.8 Å². The first-order valence-corrected chi connectivity index (χ1v) is 4.40. The van der Waals surface area contributed by atoms with E-state index in [0.29, 0.717) is 0 Å². The van der Waals surface area contributed by atoms with E-state index in [1.165, 1.54) is 0 Å². The van der Waals surface area contributed by atoms with Crippen molar-refractivity contribution in [2.75, 3.05) is 0 Å². The van der Waals surface area contributed by atoms with Crippen LogP contribution in [-0.2, 0) is 9.59 Å². The van der Waals surface area contributed by atoms with Gasteiger partial charge in [-0.3, -0.25) is 9.59 Å². The maximum Gasteiger partial charge on any atom is 0.306 e. The second-order valence-electron chi connectivity index (χ2n) is 3.84. The van der Waals surface area contributed by atoms with Crippen LogP contribution in [0.3, 0.4) is 0 Å². The van der Waals surface area contributed by atoms with Gasteiger partial charge >= 0.3 is 11.9 Å². The van der Waals surface area contributed by atoms with Crippen molar-refractivity contribution in [2.24, 2.45) is 23.7 Å². The zero-order chi connectivity index (χ0) is 10.2. The Morgan fingerprint density at radius 3 is 1.46 bits per heavy atom. The monoisotopic (exact) mass is 186 g/mol. The Morgan fingerprint density at radius 1 is 1.00 bits per heavy atom. The van der Waals surface area contributed by atoms with E-state index in [1.54, 1.807) is 0 Å². The molecule has 0 radical (unpaired) electrons. The van der Waals surface area contributed by atoms with E-state index < -0.39 is 23.8 Å². The highest BCUT2D eigenvalue weighted by Gasteiger charge is 2.44. The summed E-state index contributed by atoms with van der Waals surface area (Å²) < 4.78 is 0. The number of carboxylic acids is 2. The molecule has 0 unspecified atom stereocenters. The summed E-state index contributed by atoms with van der Waals surface area (Å²) in [6, 6.07) is 0. The average Bonchev–Trinajstić information content (AvgIpc) is 2.29. The molecular formula is C9H14O4. The molecule has 4 heteroatoms. The Labute approximate surface area is 76.6 Å². The lowest BCUT2D eigenvalue weighted by Crippen LogP contribution is -2.19. The fourth-order valence-electron chi connectivity index (χ4n) is 2.09. The van der Waals surface area contributed by atoms with Gasteiger partial charge in [-0.15, -0.1) is 0 Å². The summed E-state index contributed by atoms with van der Waals surface area (Å²) in [4.78, 5) is 21.5. The molecule has 0 saturated heterocycles. The van der Waals surface area contributed by atoms with Gasteiger partial charge in [-0.25, -0.2) is 0 Å². The molecule has 1 aliphatic carbocycles. The molecule has 1 aliphatic rings. The van der Waals surface area contributed by atoms with Crippen molar-refractivity contribution in [3.8, 4) is 0 Å². The molecule has 2 N–H and O–H groups in total. The summed E-state index contributed by atoms with van der Waals surface area (Å²) in [5, 5.41) is 17.6. The van der Waals surface area contributed by atoms with Crippen LogP contribution in [0.1, 0.15) is 20.3 Å². The lowest BCUT2D eigenvalue weighted by Gasteiger charge is -2.14. The predicted molar refractivity (Wildman–Crippen MR) is 45.2 cm³/mol. The maximum atomic E-state index is 10.7. The van der Waals surface area contributed by atoms with Crippen molar-refractivity contribution < 1.29 is 19.8 Å². The molecule has 0 bridgehead atoms. The molecule has 0 spiro atoms. The second-order valence-corrected chi connectivity index (χ2v) is 3.84. The van der Waals surface area contributed by atoms with Crippen LogP contribution in [0.25, 0.3) is 0 Å². The summed E-state index contributed by atoms with van der Waals surface area (Å²) in [5.74, 6) is -2.81. The minimum absolute atomic E-state index is 0.0430. The largest absolute Gasteiger partial charge is 0.481 e. The van der Waals surface area contributed by atoms with Gasteiger partial charge in [0.1, 0.15) is 0 Å². The van der Waals surface area contributed by atoms with Crippen LogP contribution in [0.5, 0.6) is 0 Å². The molecule has 0 heterocycles. The number of carboxylic acid groups (broad SMARTS) is 2. The van der Waals surface area contributed by atoms with Gasteiger partial charge in [0.25, 0.3) is 0 Å². The van der Waals surface area contributed by atoms with Crippen molar-refractivity contribution in [1.82, 2.24) is 0 Å². The average molecular weight is 186 g/mol. The second kappa shape index (κ2) is 3.36. The van der Waals surface area contributed by atoms with Crippen LogP contribution >= 0.6 is 0 Å². The van der Waals surface area contributed by atoms with Gasteiger partial charge < -0.3 is 10.2 Å². The summed E-state index contributed by atoms with van der Waals surface area (Å²) >= 11 is 0. The molecule has 0 aromatic heterocycles. The summed E-state index contributed by atoms with van der Waals surface area (Å²) in [6.07, 6.45) is 0.271. The summed E-state index contributed by atoms with van der Waals surface area (Å²) in [7, 11) is 0. The molecule has 0 aromatic carbocycles. The topological polar surface area (TPSA) is 74.6 Å². The van der Waals surface area contributed by atoms with Gasteiger partial charge in [0, 0.05) is 0 Å². The highest BCUT2D eigenvalue weighted by molar-refractivity contribution is 5.76. The minimum atomic E-state index is -0.872. The van der Waals surface area contributed by atoms with Crippen molar-refractivity contribution in [2.45, 2.75) is 20.3 Å². The van der Waals surface area contributed by atoms with Crippen LogP contribution in [0.15, 0.2) is 0 Å². The number of rotatable bonds is 2. The van der Waals surface area contributed by atoms with Gasteiger partial charge in [0.05, 0.1) is 11.8 Å². The first-order chi connectivity index (χ1) is 5.95. The Balaban J connectivity index is 2.78. The van der Waals surface area contributed by atoms with E-state index in [-0.39, 0.29) is 18.3 Å². The molecule has 74 valence electrons. The third kappa shape index (κ3) is 1.66. The molecule has 1 fully saturated rings. The van der Waals surface area contributed by atoms with Crippen LogP contribution in [0.2, 0.25) is 0 Å². The molecule has 0 aromatic rings. The lowest BCUT2D eigenvalue weighted by atomic mass is 9.90. The highest BCUT2D eigenvalue weighted by atomic mass is 16.4. The fourth-order valence-corrected chi connectivity index (χ4v) is 2.09. The van der Waals surface area contributed by atoms with Crippen LogP contribution < -0.4 is 0 Å². The Bertz CT molecular complexity index is 212. The van der Waals surface area contributed by atoms with Crippen LogP contribution in [0, 0.1) is 23.7 Å². The predicted octanol–water partition coefficient (Wildman–Crippen LogP) is 1.06. The standard InChI is InChI=1S/C9H14O4/c1-4-5(2)7(9(12)13)3-6(4)8(10)11/h4-7H,3H2,1-2H3,(H,10,11)(H,12,13)/t4-,5-,6-,7+/m1/s1. The number of hydrogen-bond acceptors (Lipinski definition) is 2. The number of carbonyl (C=O) groups is 2. The van der Waals surface area contributed by atoms with E-state index in [0.717, 1.165) is 0 Å². The van der Waals surface area contributed by atoms with Gasteiger partial charge in [-0.05, 0) is 18.3 Å². The Kier molecular flexibility index (Phi) is 2.59. The van der Waals surface area contributed by atoms with Crippen molar-refractivity contribution >= 4 is 11.9 Å². The molecule has 0 aliphatic heterocycles. The highest BCUT2D eigenvalue weighted by Crippen LogP contribution is 2.41. The van der Waals surface area contributed by atoms with E-state index in [9.17, 15) is 9.59 Å². The van der Waals surface area contributed by atoms with Crippen molar-refractivity contribution in [3.05, 3.63) is 0 Å². The van der Waals surface area contributed by atoms with E-state index in [4.69, 9.17) is 10.2 Å². The number of hydrogen-bond donors (Lipinski definition) is 2. The molecule has 4 atom stereocenters. The summed E-state index contributed by atoms with van der Waals surface area (Å²) in [5.41, 5.74) is 0. The summed E-state index contributed by atoms with van der Waals surface area (Å²) in [6.45, 7) is 3.62. The van der Waals surface area contributed by atoms with Gasteiger partial charge in [0.2, 0.25) is 0 Å². The van der Waals surface area contributed by atoms with E-state index >= 15 is 0 Å². The molecule has 0 amide bonds. The fraction of sp³-hybridized carbons (Fsp3) is 0.778. The smallest absolute Gasteiger partial charge is 0.306 e. The van der Waals surface area contributed by atoms with Crippen LogP contribution in [-0.4, -0.2) is 22.2 Å². The third-order valence-corrected chi connectivity index (χ3v) is 3.24. The molecule has 1 saturated carbocycles. The Hall–Kier alpha value is -1.06. The molecule has 13 heavy (non-hydrogen) atoms. The van der Waals surface area contributed by atoms with Crippen molar-refractivity contribution in [3.63, 3.8) is 0 Å². The molecule has 4 nitrogen and oxygen atoms in total. The quantitative estimate of drug-likeness (QED) is 0.676. The zero-order valence-electron chi connectivity index (χ0n) is 7.73. The van der Waals surface area contributed by atoms with E-state index in [2.05, 4.69) is 0 Å². The maximum absolute atomic E-state index is 10.7. The zero-order valence-corrected chi connectivity index (χ0v) is 7.73. The van der Waals surface area contributed by atoms with Crippen molar-refractivity contribution in [1.29, 1.82) is 0 Å². The van der Waals surface area contributed by atoms with Gasteiger partial charge in [-0.2, -0.15) is 0 Å². The first kappa shape index (κ1) is 10.0. The lowest BCUT2D eigenvalue weighted by molar-refractivity contribution is -0.143. The van der Waals surface area contributed by atoms with Gasteiger partial charge in [-0.1, -0.05) is 13.8 Å². The number of aliphatic carboxylic acids is 2. The Morgan fingerprint density at radius 2 is 1.31 bits per heavy atom. The molecule has 1 rings (SSSR count). The van der Waals surface area contributed by atoms with Crippen LogP contribution in [0.4, 0.5) is 0 Å². The normalized spacial score (nSPS) is 38.9. The first-order valence-electron chi connectivity index (χ1n) is 4.40.